The van der Waals surface area contributed by atoms with E-state index in [1.165, 1.54) is 4.88 Å². The van der Waals surface area contributed by atoms with Gasteiger partial charge in [0.1, 0.15) is 11.5 Å². The molecule has 2 aromatic rings. The van der Waals surface area contributed by atoms with Crippen molar-refractivity contribution in [1.82, 2.24) is 0 Å². The lowest BCUT2D eigenvalue weighted by Gasteiger charge is -2.09. The van der Waals surface area contributed by atoms with Crippen LogP contribution in [0.1, 0.15) is 28.0 Å². The normalized spacial score (nSPS) is 13.0. The predicted octanol–water partition coefficient (Wildman–Crippen LogP) is 3.96. The van der Waals surface area contributed by atoms with Crippen molar-refractivity contribution in [2.24, 2.45) is 5.73 Å². The zero-order chi connectivity index (χ0) is 11.7. The first-order valence-electron chi connectivity index (χ1n) is 5.12. The minimum absolute atomic E-state index is 0.00685. The maximum Gasteiger partial charge on any atom is 0.105 e. The van der Waals surface area contributed by atoms with Crippen LogP contribution in [0, 0.1) is 13.8 Å². The van der Waals surface area contributed by atoms with Crippen LogP contribution in [0.4, 0.5) is 0 Å². The van der Waals surface area contributed by atoms with Crippen LogP contribution in [0.15, 0.2) is 26.4 Å². The first-order valence-corrected chi connectivity index (χ1v) is 6.79. The van der Waals surface area contributed by atoms with E-state index in [1.807, 2.05) is 19.9 Å². The average Bonchev–Trinajstić information content (AvgIpc) is 2.74. The molecule has 0 saturated heterocycles. The van der Waals surface area contributed by atoms with E-state index in [2.05, 4.69) is 27.4 Å². The number of aryl methyl sites for hydroxylation is 2. The molecular weight excluding hydrogens is 286 g/mol. The van der Waals surface area contributed by atoms with Crippen molar-refractivity contribution in [3.8, 4) is 0 Å². The summed E-state index contributed by atoms with van der Waals surface area (Å²) in [4.78, 5) is 1.28. The van der Waals surface area contributed by atoms with Crippen molar-refractivity contribution in [2.45, 2.75) is 26.3 Å². The third-order valence-electron chi connectivity index (χ3n) is 2.58. The largest absolute Gasteiger partial charge is 0.466 e. The van der Waals surface area contributed by atoms with Gasteiger partial charge < -0.3 is 10.2 Å². The molecule has 2 heterocycles. The standard InChI is InChI=1S/C12H14BrNOS/c1-7-5-9(8(2)15-7)11(14)6-12-10(13)3-4-16-12/h3-5,11H,6,14H2,1-2H3. The Balaban J connectivity index is 2.17. The minimum atomic E-state index is 0.00685. The van der Waals surface area contributed by atoms with Gasteiger partial charge in [-0.3, -0.25) is 0 Å². The molecule has 0 spiro atoms. The molecule has 2 N–H and O–H groups in total. The lowest BCUT2D eigenvalue weighted by atomic mass is 10.0. The number of hydrogen-bond acceptors (Lipinski definition) is 3. The topological polar surface area (TPSA) is 39.2 Å². The summed E-state index contributed by atoms with van der Waals surface area (Å²) >= 11 is 5.25. The van der Waals surface area contributed by atoms with E-state index in [9.17, 15) is 0 Å². The van der Waals surface area contributed by atoms with Crippen LogP contribution in [-0.4, -0.2) is 0 Å². The second kappa shape index (κ2) is 4.73. The van der Waals surface area contributed by atoms with Gasteiger partial charge in [0, 0.05) is 27.4 Å². The first-order chi connectivity index (χ1) is 7.58. The molecule has 2 nitrogen and oxygen atoms in total. The molecule has 0 bridgehead atoms. The molecule has 0 radical (unpaired) electrons. The summed E-state index contributed by atoms with van der Waals surface area (Å²) in [7, 11) is 0. The fraction of sp³-hybridized carbons (Fsp3) is 0.333. The van der Waals surface area contributed by atoms with Gasteiger partial charge in [-0.2, -0.15) is 0 Å². The van der Waals surface area contributed by atoms with Crippen LogP contribution in [-0.2, 0) is 6.42 Å². The molecule has 0 amide bonds. The molecule has 2 aromatic heterocycles. The Kier molecular flexibility index (Phi) is 3.52. The Bertz CT molecular complexity index is 489. The number of furan rings is 1. The summed E-state index contributed by atoms with van der Waals surface area (Å²) in [5.74, 6) is 1.85. The lowest BCUT2D eigenvalue weighted by Crippen LogP contribution is -2.13. The van der Waals surface area contributed by atoms with Crippen LogP contribution < -0.4 is 5.73 Å². The summed E-state index contributed by atoms with van der Waals surface area (Å²) in [5, 5.41) is 2.07. The van der Waals surface area contributed by atoms with Crippen molar-refractivity contribution in [2.75, 3.05) is 0 Å². The van der Waals surface area contributed by atoms with E-state index in [0.717, 1.165) is 28.0 Å². The van der Waals surface area contributed by atoms with Gasteiger partial charge in [0.2, 0.25) is 0 Å². The molecule has 86 valence electrons. The Morgan fingerprint density at radius 3 is 2.75 bits per heavy atom. The van der Waals surface area contributed by atoms with Crippen LogP contribution >= 0.6 is 27.3 Å². The molecule has 4 heteroatoms. The highest BCUT2D eigenvalue weighted by Crippen LogP contribution is 2.29. The summed E-state index contributed by atoms with van der Waals surface area (Å²) in [6.07, 6.45) is 0.845. The molecule has 2 rings (SSSR count). The number of hydrogen-bond donors (Lipinski definition) is 1. The van der Waals surface area contributed by atoms with Crippen molar-refractivity contribution in [3.05, 3.63) is 43.9 Å². The van der Waals surface area contributed by atoms with Crippen molar-refractivity contribution < 1.29 is 4.42 Å². The molecule has 1 atom stereocenters. The van der Waals surface area contributed by atoms with Gasteiger partial charge >= 0.3 is 0 Å². The van der Waals surface area contributed by atoms with E-state index in [1.54, 1.807) is 11.3 Å². The van der Waals surface area contributed by atoms with Gasteiger partial charge in [0.25, 0.3) is 0 Å². The summed E-state index contributed by atoms with van der Waals surface area (Å²) in [6.45, 7) is 3.91. The van der Waals surface area contributed by atoms with E-state index in [0.29, 0.717) is 0 Å². The third kappa shape index (κ3) is 2.39. The monoisotopic (exact) mass is 299 g/mol. The van der Waals surface area contributed by atoms with Gasteiger partial charge in [0.15, 0.2) is 0 Å². The number of halogens is 1. The Hall–Kier alpha value is -0.580. The fourth-order valence-electron chi connectivity index (χ4n) is 1.80. The molecule has 1 unspecified atom stereocenters. The van der Waals surface area contributed by atoms with E-state index < -0.39 is 0 Å². The predicted molar refractivity (Wildman–Crippen MR) is 70.8 cm³/mol. The molecule has 0 aliphatic carbocycles. The molecule has 0 saturated carbocycles. The second-order valence-corrected chi connectivity index (χ2v) is 5.73. The zero-order valence-corrected chi connectivity index (χ0v) is 11.7. The summed E-state index contributed by atoms with van der Waals surface area (Å²) in [5.41, 5.74) is 7.30. The van der Waals surface area contributed by atoms with Crippen LogP contribution in [0.2, 0.25) is 0 Å². The molecule has 0 aliphatic heterocycles. The van der Waals surface area contributed by atoms with Gasteiger partial charge in [-0.1, -0.05) is 0 Å². The summed E-state index contributed by atoms with van der Waals surface area (Å²) in [6, 6.07) is 4.09. The highest BCUT2D eigenvalue weighted by Gasteiger charge is 2.15. The second-order valence-electron chi connectivity index (χ2n) is 3.87. The Morgan fingerprint density at radius 1 is 1.50 bits per heavy atom. The number of rotatable bonds is 3. The number of nitrogens with two attached hydrogens (primary N) is 1. The SMILES string of the molecule is Cc1cc(C(N)Cc2sccc2Br)c(C)o1. The molecule has 0 fully saturated rings. The average molecular weight is 300 g/mol. The smallest absolute Gasteiger partial charge is 0.105 e. The van der Waals surface area contributed by atoms with Gasteiger partial charge in [0.05, 0.1) is 0 Å². The van der Waals surface area contributed by atoms with Crippen LogP contribution in [0.25, 0.3) is 0 Å². The fourth-order valence-corrected chi connectivity index (χ4v) is 3.37. The molecular formula is C12H14BrNOS. The number of thiophene rings is 1. The lowest BCUT2D eigenvalue weighted by molar-refractivity contribution is 0.497. The third-order valence-corrected chi connectivity index (χ3v) is 4.52. The Labute approximate surface area is 108 Å². The highest BCUT2D eigenvalue weighted by atomic mass is 79.9. The maximum atomic E-state index is 6.20. The van der Waals surface area contributed by atoms with Gasteiger partial charge in [-0.15, -0.1) is 11.3 Å². The van der Waals surface area contributed by atoms with Gasteiger partial charge in [-0.25, -0.2) is 0 Å². The van der Waals surface area contributed by atoms with Crippen molar-refractivity contribution >= 4 is 27.3 Å². The zero-order valence-electron chi connectivity index (χ0n) is 9.29. The van der Waals surface area contributed by atoms with Gasteiger partial charge in [-0.05, 0) is 47.3 Å². The molecule has 16 heavy (non-hydrogen) atoms. The van der Waals surface area contributed by atoms with E-state index in [-0.39, 0.29) is 6.04 Å². The van der Waals surface area contributed by atoms with Crippen molar-refractivity contribution in [1.29, 1.82) is 0 Å². The van der Waals surface area contributed by atoms with Crippen molar-refractivity contribution in [3.63, 3.8) is 0 Å². The van der Waals surface area contributed by atoms with Crippen LogP contribution in [0.3, 0.4) is 0 Å². The minimum Gasteiger partial charge on any atom is -0.466 e. The van der Waals surface area contributed by atoms with E-state index >= 15 is 0 Å². The first kappa shape index (κ1) is 11.9. The molecule has 0 aliphatic rings. The Morgan fingerprint density at radius 2 is 2.25 bits per heavy atom. The maximum absolute atomic E-state index is 6.20. The highest BCUT2D eigenvalue weighted by molar-refractivity contribution is 9.10. The quantitative estimate of drug-likeness (QED) is 0.931. The molecule has 0 aromatic carbocycles. The summed E-state index contributed by atoms with van der Waals surface area (Å²) < 4.78 is 6.64. The van der Waals surface area contributed by atoms with E-state index in [4.69, 9.17) is 10.2 Å². The van der Waals surface area contributed by atoms with Crippen LogP contribution in [0.5, 0.6) is 0 Å².